The van der Waals surface area contributed by atoms with E-state index in [2.05, 4.69) is 27.4 Å². The lowest BCUT2D eigenvalue weighted by Crippen LogP contribution is -2.38. The van der Waals surface area contributed by atoms with Crippen molar-refractivity contribution in [2.24, 2.45) is 5.92 Å². The third-order valence-electron chi connectivity index (χ3n) is 5.22. The van der Waals surface area contributed by atoms with Crippen LogP contribution in [0.2, 0.25) is 0 Å². The number of hydrogen-bond acceptors (Lipinski definition) is 3. The van der Waals surface area contributed by atoms with Crippen LogP contribution < -0.4 is 5.32 Å². The number of hydrogen-bond donors (Lipinski definition) is 2. The van der Waals surface area contributed by atoms with Gasteiger partial charge >= 0.3 is 0 Å². The SMILES string of the molecule is CC(C)C(=O)Nc1cccc(C(=O)N2Cc3[nH]cnc3C(c3ccccc3)C2)c1. The van der Waals surface area contributed by atoms with Gasteiger partial charge in [-0.3, -0.25) is 9.59 Å². The van der Waals surface area contributed by atoms with E-state index in [4.69, 9.17) is 0 Å². The standard InChI is InChI=1S/C23H24N4O2/c1-15(2)22(28)26-18-10-6-9-17(11-18)23(29)27-12-19(16-7-4-3-5-8-16)21-20(13-27)24-14-25-21/h3-11,14-15,19H,12-13H2,1-2H3,(H,24,25)(H,26,28). The number of benzene rings is 2. The highest BCUT2D eigenvalue weighted by atomic mass is 16.2. The van der Waals surface area contributed by atoms with E-state index in [1.54, 1.807) is 30.6 Å². The van der Waals surface area contributed by atoms with Gasteiger partial charge in [-0.15, -0.1) is 0 Å². The molecule has 0 saturated carbocycles. The average molecular weight is 388 g/mol. The molecule has 2 heterocycles. The van der Waals surface area contributed by atoms with Crippen LogP contribution >= 0.6 is 0 Å². The summed E-state index contributed by atoms with van der Waals surface area (Å²) < 4.78 is 0. The van der Waals surface area contributed by atoms with Crippen LogP contribution in [-0.2, 0) is 11.3 Å². The van der Waals surface area contributed by atoms with Crippen LogP contribution in [0.1, 0.15) is 47.1 Å². The van der Waals surface area contributed by atoms with Crippen LogP contribution in [0.4, 0.5) is 5.69 Å². The van der Waals surface area contributed by atoms with Gasteiger partial charge in [0, 0.05) is 29.6 Å². The van der Waals surface area contributed by atoms with E-state index in [0.29, 0.717) is 24.3 Å². The maximum atomic E-state index is 13.3. The number of nitrogens with zero attached hydrogens (tertiary/aromatic N) is 2. The maximum absolute atomic E-state index is 13.3. The summed E-state index contributed by atoms with van der Waals surface area (Å²) in [6.07, 6.45) is 1.69. The molecule has 29 heavy (non-hydrogen) atoms. The van der Waals surface area contributed by atoms with E-state index in [0.717, 1.165) is 17.0 Å². The summed E-state index contributed by atoms with van der Waals surface area (Å²) in [5, 5.41) is 2.86. The molecule has 2 N–H and O–H groups in total. The van der Waals surface area contributed by atoms with Gasteiger partial charge in [-0.2, -0.15) is 0 Å². The van der Waals surface area contributed by atoms with Crippen molar-refractivity contribution in [2.75, 3.05) is 11.9 Å². The van der Waals surface area contributed by atoms with Crippen molar-refractivity contribution in [2.45, 2.75) is 26.3 Å². The highest BCUT2D eigenvalue weighted by Crippen LogP contribution is 2.32. The zero-order valence-corrected chi connectivity index (χ0v) is 16.6. The first-order chi connectivity index (χ1) is 14.0. The Kier molecular flexibility index (Phi) is 5.16. The average Bonchev–Trinajstić information content (AvgIpc) is 3.22. The van der Waals surface area contributed by atoms with Gasteiger partial charge in [0.2, 0.25) is 5.91 Å². The highest BCUT2D eigenvalue weighted by molar-refractivity contribution is 5.97. The maximum Gasteiger partial charge on any atom is 0.254 e. The van der Waals surface area contributed by atoms with Crippen LogP contribution in [0.5, 0.6) is 0 Å². The predicted octanol–water partition coefficient (Wildman–Crippen LogP) is 3.79. The topological polar surface area (TPSA) is 78.1 Å². The Morgan fingerprint density at radius 2 is 1.93 bits per heavy atom. The van der Waals surface area contributed by atoms with E-state index in [1.165, 1.54) is 0 Å². The Morgan fingerprint density at radius 1 is 1.14 bits per heavy atom. The number of amides is 2. The van der Waals surface area contributed by atoms with E-state index in [-0.39, 0.29) is 23.7 Å². The molecule has 0 aliphatic carbocycles. The predicted molar refractivity (Wildman–Crippen MR) is 112 cm³/mol. The molecule has 148 valence electrons. The second-order valence-electron chi connectivity index (χ2n) is 7.64. The Bertz CT molecular complexity index is 1030. The Labute approximate surface area is 170 Å². The lowest BCUT2D eigenvalue weighted by molar-refractivity contribution is -0.118. The van der Waals surface area contributed by atoms with Gasteiger partial charge < -0.3 is 15.2 Å². The third-order valence-corrected chi connectivity index (χ3v) is 5.22. The molecule has 2 aromatic carbocycles. The van der Waals surface area contributed by atoms with Crippen molar-refractivity contribution in [3.05, 3.63) is 83.4 Å². The number of nitrogens with one attached hydrogen (secondary N) is 2. The van der Waals surface area contributed by atoms with Crippen molar-refractivity contribution in [1.82, 2.24) is 14.9 Å². The summed E-state index contributed by atoms with van der Waals surface area (Å²) in [6.45, 7) is 4.72. The summed E-state index contributed by atoms with van der Waals surface area (Å²) in [6, 6.07) is 17.2. The van der Waals surface area contributed by atoms with Crippen molar-refractivity contribution in [3.63, 3.8) is 0 Å². The summed E-state index contributed by atoms with van der Waals surface area (Å²) in [5.74, 6) is -0.230. The molecule has 1 aromatic heterocycles. The number of fused-ring (bicyclic) bond motifs is 1. The zero-order valence-electron chi connectivity index (χ0n) is 16.6. The number of aromatic nitrogens is 2. The summed E-state index contributed by atoms with van der Waals surface area (Å²) in [4.78, 5) is 34.8. The van der Waals surface area contributed by atoms with Crippen molar-refractivity contribution in [3.8, 4) is 0 Å². The first-order valence-corrected chi connectivity index (χ1v) is 9.80. The van der Waals surface area contributed by atoms with E-state index < -0.39 is 0 Å². The van der Waals surface area contributed by atoms with Crippen LogP contribution in [0, 0.1) is 5.92 Å². The Hall–Kier alpha value is -3.41. The van der Waals surface area contributed by atoms with Crippen molar-refractivity contribution < 1.29 is 9.59 Å². The van der Waals surface area contributed by atoms with Crippen LogP contribution in [-0.4, -0.2) is 33.2 Å². The molecule has 4 rings (SSSR count). The molecular formula is C23H24N4O2. The molecule has 6 heteroatoms. The number of carbonyl (C=O) groups is 2. The lowest BCUT2D eigenvalue weighted by Gasteiger charge is -2.32. The molecule has 1 unspecified atom stereocenters. The van der Waals surface area contributed by atoms with E-state index >= 15 is 0 Å². The van der Waals surface area contributed by atoms with Crippen molar-refractivity contribution >= 4 is 17.5 Å². The molecule has 6 nitrogen and oxygen atoms in total. The smallest absolute Gasteiger partial charge is 0.254 e. The molecule has 0 fully saturated rings. The molecule has 3 aromatic rings. The molecule has 1 aliphatic rings. The van der Waals surface area contributed by atoms with Crippen LogP contribution in [0.15, 0.2) is 60.9 Å². The van der Waals surface area contributed by atoms with Crippen molar-refractivity contribution in [1.29, 1.82) is 0 Å². The second kappa shape index (κ2) is 7.91. The van der Waals surface area contributed by atoms with E-state index in [1.807, 2.05) is 36.9 Å². The van der Waals surface area contributed by atoms with Gasteiger partial charge in [0.05, 0.1) is 24.3 Å². The fraction of sp³-hybridized carbons (Fsp3) is 0.261. The van der Waals surface area contributed by atoms with Gasteiger partial charge in [-0.1, -0.05) is 50.2 Å². The molecule has 0 saturated heterocycles. The number of H-pyrrole nitrogens is 1. The minimum atomic E-state index is -0.123. The summed E-state index contributed by atoms with van der Waals surface area (Å²) >= 11 is 0. The van der Waals surface area contributed by atoms with Gasteiger partial charge in [0.1, 0.15) is 0 Å². The van der Waals surface area contributed by atoms with Gasteiger partial charge in [-0.05, 0) is 23.8 Å². The van der Waals surface area contributed by atoms with Gasteiger partial charge in [0.15, 0.2) is 0 Å². The molecule has 1 atom stereocenters. The number of rotatable bonds is 4. The van der Waals surface area contributed by atoms with Crippen LogP contribution in [0.3, 0.4) is 0 Å². The largest absolute Gasteiger partial charge is 0.347 e. The zero-order chi connectivity index (χ0) is 20.4. The monoisotopic (exact) mass is 388 g/mol. The van der Waals surface area contributed by atoms with Gasteiger partial charge in [0.25, 0.3) is 5.91 Å². The first-order valence-electron chi connectivity index (χ1n) is 9.80. The second-order valence-corrected chi connectivity index (χ2v) is 7.64. The molecule has 0 spiro atoms. The molecule has 0 radical (unpaired) electrons. The summed E-state index contributed by atoms with van der Waals surface area (Å²) in [7, 11) is 0. The lowest BCUT2D eigenvalue weighted by atomic mass is 9.90. The number of carbonyl (C=O) groups excluding carboxylic acids is 2. The normalized spacial score (nSPS) is 15.8. The number of aromatic amines is 1. The number of imidazole rings is 1. The molecular weight excluding hydrogens is 364 g/mol. The fourth-order valence-electron chi connectivity index (χ4n) is 3.62. The highest BCUT2D eigenvalue weighted by Gasteiger charge is 2.31. The fourth-order valence-corrected chi connectivity index (χ4v) is 3.62. The quantitative estimate of drug-likeness (QED) is 0.714. The summed E-state index contributed by atoms with van der Waals surface area (Å²) in [5.41, 5.74) is 4.28. The molecule has 1 aliphatic heterocycles. The Balaban J connectivity index is 1.59. The minimum absolute atomic E-state index is 0.0268. The first kappa shape index (κ1) is 18.9. The minimum Gasteiger partial charge on any atom is -0.347 e. The van der Waals surface area contributed by atoms with Crippen LogP contribution in [0.25, 0.3) is 0 Å². The Morgan fingerprint density at radius 3 is 2.69 bits per heavy atom. The number of anilines is 1. The third kappa shape index (κ3) is 3.92. The van der Waals surface area contributed by atoms with E-state index in [9.17, 15) is 9.59 Å². The molecule has 2 amide bonds. The molecule has 0 bridgehead atoms. The van der Waals surface area contributed by atoms with Gasteiger partial charge in [-0.25, -0.2) is 4.98 Å².